The van der Waals surface area contributed by atoms with Crippen LogP contribution in [0.3, 0.4) is 0 Å². The molecule has 2 aliphatic heterocycles. The number of ether oxygens (including phenoxy) is 1. The highest BCUT2D eigenvalue weighted by Gasteiger charge is 2.67. The number of carbonyl (C=O) groups excluding carboxylic acids is 2. The molecule has 0 bridgehead atoms. The number of esters is 1. The van der Waals surface area contributed by atoms with Crippen LogP contribution in [-0.2, 0) is 20.7 Å². The summed E-state index contributed by atoms with van der Waals surface area (Å²) < 4.78 is 6.05. The highest BCUT2D eigenvalue weighted by molar-refractivity contribution is 5.94. The zero-order chi connectivity index (χ0) is 25.2. The third kappa shape index (κ3) is 5.00. The molecule has 6 heteroatoms. The topological polar surface area (TPSA) is 95.9 Å². The molecule has 1 saturated carbocycles. The molecule has 1 aromatic carbocycles. The number of aliphatic hydroxyl groups excluding tert-OH is 2. The Labute approximate surface area is 207 Å². The molecule has 1 saturated heterocycles. The van der Waals surface area contributed by atoms with Crippen LogP contribution in [0.5, 0.6) is 0 Å². The number of hydrogen-bond acceptors (Lipinski definition) is 5. The molecule has 1 amide bonds. The van der Waals surface area contributed by atoms with Gasteiger partial charge in [-0.25, -0.2) is 4.79 Å². The van der Waals surface area contributed by atoms with Crippen molar-refractivity contribution in [3.63, 3.8) is 0 Å². The zero-order valence-corrected chi connectivity index (χ0v) is 20.6. The summed E-state index contributed by atoms with van der Waals surface area (Å²) in [6, 6.07) is 9.59. The highest BCUT2D eigenvalue weighted by atomic mass is 16.6. The van der Waals surface area contributed by atoms with E-state index in [1.54, 1.807) is 0 Å². The third-order valence-corrected chi connectivity index (χ3v) is 8.04. The van der Waals surface area contributed by atoms with Crippen molar-refractivity contribution < 1.29 is 24.5 Å². The van der Waals surface area contributed by atoms with Crippen molar-refractivity contribution in [2.75, 3.05) is 0 Å². The van der Waals surface area contributed by atoms with Gasteiger partial charge in [-0.1, -0.05) is 75.8 Å². The van der Waals surface area contributed by atoms with Gasteiger partial charge in [0.1, 0.15) is 0 Å². The van der Waals surface area contributed by atoms with Gasteiger partial charge in [0.25, 0.3) is 5.91 Å². The number of carbonyl (C=O) groups is 2. The Morgan fingerprint density at radius 3 is 2.60 bits per heavy atom. The maximum absolute atomic E-state index is 13.7. The Morgan fingerprint density at radius 2 is 1.86 bits per heavy atom. The van der Waals surface area contributed by atoms with Gasteiger partial charge in [0.15, 0.2) is 0 Å². The van der Waals surface area contributed by atoms with Crippen molar-refractivity contribution in [1.82, 2.24) is 5.32 Å². The van der Waals surface area contributed by atoms with Crippen molar-refractivity contribution in [3.8, 4) is 0 Å². The van der Waals surface area contributed by atoms with E-state index in [9.17, 15) is 19.8 Å². The Balaban J connectivity index is 1.78. The lowest BCUT2D eigenvalue weighted by atomic mass is 9.59. The minimum Gasteiger partial charge on any atom is -0.445 e. The van der Waals surface area contributed by atoms with Crippen LogP contribution in [0.4, 0.5) is 0 Å². The fourth-order valence-corrected chi connectivity index (χ4v) is 6.09. The van der Waals surface area contributed by atoms with Crippen LogP contribution in [0.15, 0.2) is 66.8 Å². The predicted octanol–water partition coefficient (Wildman–Crippen LogP) is 3.49. The van der Waals surface area contributed by atoms with Crippen LogP contribution in [0.2, 0.25) is 0 Å². The Kier molecular flexibility index (Phi) is 7.62. The Bertz CT molecular complexity index is 1000. The SMILES string of the molecule is C=C1C(C)C2C(Cc3ccccc3)NC(=O)[C@]23OC(=O)/C=C/[C@H](O)CCC[C@@H](C)C/C=C/[C@H]3[C@@H]1O. The first kappa shape index (κ1) is 25.4. The molecule has 1 spiro atoms. The molecule has 4 rings (SSSR count). The Hall–Kier alpha value is -2.70. The number of aliphatic hydroxyl groups is 2. The van der Waals surface area contributed by atoms with Crippen molar-refractivity contribution in [2.24, 2.45) is 23.7 Å². The fourth-order valence-electron chi connectivity index (χ4n) is 6.09. The van der Waals surface area contributed by atoms with E-state index >= 15 is 0 Å². The summed E-state index contributed by atoms with van der Waals surface area (Å²) in [5.41, 5.74) is 0.136. The van der Waals surface area contributed by atoms with Crippen LogP contribution < -0.4 is 5.32 Å². The molecule has 3 aliphatic rings. The smallest absolute Gasteiger partial charge is 0.331 e. The molecule has 6 nitrogen and oxygen atoms in total. The average Bonchev–Trinajstić information content (AvgIpc) is 3.09. The lowest BCUT2D eigenvalue weighted by molar-refractivity contribution is -0.182. The standard InChI is InChI=1S/C29H37NO5/c1-18-9-7-13-22(31)15-16-25(32)35-29-23(14-8-10-18)27(33)20(3)19(2)26(29)24(30-28(29)34)17-21-11-5-4-6-12-21/h4-6,8,11-12,14-16,18-19,22-24,26-27,31,33H,3,7,9-10,13,17H2,1-2H3,(H,30,34)/b14-8+,16-15+/t18-,19?,22-,23+,24?,26?,27-,29-/m1/s1. The van der Waals surface area contributed by atoms with Crippen molar-refractivity contribution in [3.05, 3.63) is 72.4 Å². The molecule has 1 aromatic rings. The van der Waals surface area contributed by atoms with E-state index in [0.29, 0.717) is 24.3 Å². The molecular weight excluding hydrogens is 442 g/mol. The summed E-state index contributed by atoms with van der Waals surface area (Å²) in [6.07, 6.45) is 8.39. The highest BCUT2D eigenvalue weighted by Crippen LogP contribution is 2.52. The fraction of sp³-hybridized carbons (Fsp3) is 0.517. The van der Waals surface area contributed by atoms with E-state index in [0.717, 1.165) is 24.8 Å². The molecule has 3 unspecified atom stereocenters. The predicted molar refractivity (Wildman–Crippen MR) is 134 cm³/mol. The largest absolute Gasteiger partial charge is 0.445 e. The van der Waals surface area contributed by atoms with Gasteiger partial charge in [-0.2, -0.15) is 0 Å². The molecule has 2 heterocycles. The average molecular weight is 480 g/mol. The van der Waals surface area contributed by atoms with Crippen molar-refractivity contribution in [2.45, 2.75) is 69.8 Å². The molecule has 2 fully saturated rings. The van der Waals surface area contributed by atoms with Gasteiger partial charge >= 0.3 is 5.97 Å². The van der Waals surface area contributed by atoms with Crippen molar-refractivity contribution in [1.29, 1.82) is 0 Å². The molecule has 1 aliphatic carbocycles. The number of amides is 1. The van der Waals surface area contributed by atoms with Gasteiger partial charge in [0.05, 0.1) is 18.1 Å². The minimum atomic E-state index is -1.57. The monoisotopic (exact) mass is 479 g/mol. The van der Waals surface area contributed by atoms with Gasteiger partial charge in [-0.3, -0.25) is 4.79 Å². The van der Waals surface area contributed by atoms with Crippen molar-refractivity contribution >= 4 is 11.9 Å². The van der Waals surface area contributed by atoms with Crippen LogP contribution in [0.25, 0.3) is 0 Å². The molecule has 0 radical (unpaired) electrons. The number of nitrogens with one attached hydrogen (secondary N) is 1. The first-order valence-electron chi connectivity index (χ1n) is 12.7. The van der Waals surface area contributed by atoms with E-state index in [1.165, 1.54) is 12.2 Å². The first-order chi connectivity index (χ1) is 16.7. The second-order valence-electron chi connectivity index (χ2n) is 10.5. The molecular formula is C29H37NO5. The second kappa shape index (κ2) is 10.5. The van der Waals surface area contributed by atoms with Crippen LogP contribution in [0, 0.1) is 23.7 Å². The van der Waals surface area contributed by atoms with Gasteiger partial charge in [0, 0.05) is 18.0 Å². The first-order valence-corrected chi connectivity index (χ1v) is 12.7. The summed E-state index contributed by atoms with van der Waals surface area (Å²) in [7, 11) is 0. The summed E-state index contributed by atoms with van der Waals surface area (Å²) in [4.78, 5) is 26.8. The third-order valence-electron chi connectivity index (χ3n) is 8.04. The van der Waals surface area contributed by atoms with E-state index in [2.05, 4.69) is 18.8 Å². The van der Waals surface area contributed by atoms with Gasteiger partial charge < -0.3 is 20.3 Å². The van der Waals surface area contributed by atoms with E-state index in [1.807, 2.05) is 49.4 Å². The van der Waals surface area contributed by atoms with Crippen LogP contribution >= 0.6 is 0 Å². The lowest BCUT2D eigenvalue weighted by Gasteiger charge is -2.49. The molecule has 188 valence electrons. The van der Waals surface area contributed by atoms with Gasteiger partial charge in [-0.15, -0.1) is 0 Å². The minimum absolute atomic E-state index is 0.262. The van der Waals surface area contributed by atoms with Crippen LogP contribution in [-0.4, -0.2) is 45.9 Å². The summed E-state index contributed by atoms with van der Waals surface area (Å²) in [6.45, 7) is 8.27. The molecule has 8 atom stereocenters. The number of rotatable bonds is 2. The molecule has 35 heavy (non-hydrogen) atoms. The second-order valence-corrected chi connectivity index (χ2v) is 10.5. The number of benzene rings is 1. The van der Waals surface area contributed by atoms with Crippen LogP contribution in [0.1, 0.15) is 45.1 Å². The van der Waals surface area contributed by atoms with E-state index < -0.39 is 35.6 Å². The van der Waals surface area contributed by atoms with E-state index in [4.69, 9.17) is 4.74 Å². The molecule has 0 aromatic heterocycles. The Morgan fingerprint density at radius 1 is 1.11 bits per heavy atom. The quantitative estimate of drug-likeness (QED) is 0.446. The lowest BCUT2D eigenvalue weighted by Crippen LogP contribution is -2.61. The normalized spacial score (nSPS) is 40.0. The maximum Gasteiger partial charge on any atom is 0.331 e. The van der Waals surface area contributed by atoms with E-state index in [-0.39, 0.29) is 17.9 Å². The molecule has 3 N–H and O–H groups in total. The summed E-state index contributed by atoms with van der Waals surface area (Å²) in [5, 5.41) is 24.7. The maximum atomic E-state index is 13.7. The van der Waals surface area contributed by atoms with Gasteiger partial charge in [-0.05, 0) is 48.3 Å². The number of hydrogen-bond donors (Lipinski definition) is 3. The number of allylic oxidation sites excluding steroid dienone is 1. The summed E-state index contributed by atoms with van der Waals surface area (Å²) >= 11 is 0. The summed E-state index contributed by atoms with van der Waals surface area (Å²) in [5.74, 6) is -2.13. The van der Waals surface area contributed by atoms with Gasteiger partial charge in [0.2, 0.25) is 5.60 Å². The zero-order valence-electron chi connectivity index (χ0n) is 20.6.